The first-order chi connectivity index (χ1) is 13.9. The van der Waals surface area contributed by atoms with Crippen molar-refractivity contribution in [2.45, 2.75) is 50.9 Å². The summed E-state index contributed by atoms with van der Waals surface area (Å²) in [7, 11) is 1.66. The average Bonchev–Trinajstić information content (AvgIpc) is 3.12. The van der Waals surface area contributed by atoms with E-state index in [4.69, 9.17) is 11.2 Å². The first-order valence-corrected chi connectivity index (χ1v) is 10.8. The van der Waals surface area contributed by atoms with Crippen LogP contribution in [0, 0.1) is 40.9 Å². The summed E-state index contributed by atoms with van der Waals surface area (Å²) in [6.07, 6.45) is 15.1. The lowest BCUT2D eigenvalue weighted by Crippen LogP contribution is -2.49. The fourth-order valence-electron chi connectivity index (χ4n) is 7.70. The van der Waals surface area contributed by atoms with Crippen LogP contribution >= 0.6 is 0 Å². The highest BCUT2D eigenvalue weighted by molar-refractivity contribution is 6.01. The highest BCUT2D eigenvalue weighted by Gasteiger charge is 2.79. The van der Waals surface area contributed by atoms with E-state index < -0.39 is 5.41 Å². The first-order valence-electron chi connectivity index (χ1n) is 10.8. The lowest BCUT2D eigenvalue weighted by molar-refractivity contribution is -0.145. The number of benzene rings is 1. The molecule has 0 amide bonds. The molecule has 0 N–H and O–H groups in total. The van der Waals surface area contributed by atoms with Crippen LogP contribution in [0.3, 0.4) is 0 Å². The Labute approximate surface area is 172 Å². The number of allylic oxidation sites excluding steroid dienone is 2. The molecule has 0 aromatic heterocycles. The molecule has 0 heterocycles. The molecule has 4 aliphatic carbocycles. The molecule has 1 aromatic carbocycles. The van der Waals surface area contributed by atoms with E-state index in [0.717, 1.165) is 37.0 Å². The molecule has 0 radical (unpaired) electrons. The van der Waals surface area contributed by atoms with Crippen LogP contribution in [0.4, 0.5) is 0 Å². The third kappa shape index (κ3) is 2.00. The van der Waals surface area contributed by atoms with Gasteiger partial charge in [-0.05, 0) is 36.0 Å². The van der Waals surface area contributed by atoms with Gasteiger partial charge in [-0.1, -0.05) is 44.1 Å². The van der Waals surface area contributed by atoms with E-state index in [0.29, 0.717) is 12.8 Å². The van der Waals surface area contributed by atoms with Crippen molar-refractivity contribution in [1.82, 2.24) is 0 Å². The Morgan fingerprint density at radius 1 is 1.10 bits per heavy atom. The number of rotatable bonds is 3. The zero-order chi connectivity index (χ0) is 20.4. The van der Waals surface area contributed by atoms with Crippen molar-refractivity contribution >= 4 is 11.6 Å². The molecule has 0 saturated heterocycles. The van der Waals surface area contributed by atoms with E-state index in [-0.39, 0.29) is 40.2 Å². The molecule has 0 aliphatic heterocycles. The van der Waals surface area contributed by atoms with Crippen LogP contribution in [-0.2, 0) is 15.0 Å². The summed E-state index contributed by atoms with van der Waals surface area (Å²) in [5.74, 6) is 3.09. The summed E-state index contributed by atoms with van der Waals surface area (Å²) in [5, 5.41) is 0. The molecule has 0 spiro atoms. The smallest absolute Gasteiger partial charge is 0.142 e. The summed E-state index contributed by atoms with van der Waals surface area (Å²) in [6.45, 7) is 2.34. The zero-order valence-corrected chi connectivity index (χ0v) is 17.2. The molecule has 3 saturated carbocycles. The molecule has 3 heteroatoms. The van der Waals surface area contributed by atoms with Gasteiger partial charge in [0.15, 0.2) is 0 Å². The van der Waals surface area contributed by atoms with Crippen molar-refractivity contribution in [3.05, 3.63) is 42.0 Å². The minimum atomic E-state index is -0.418. The second-order valence-electron chi connectivity index (χ2n) is 9.64. The molecule has 29 heavy (non-hydrogen) atoms. The van der Waals surface area contributed by atoms with E-state index in [1.54, 1.807) is 7.11 Å². The molecule has 5 rings (SSSR count). The van der Waals surface area contributed by atoms with E-state index in [2.05, 4.69) is 37.1 Å². The maximum Gasteiger partial charge on any atom is 0.142 e. The molecular formula is C26H28O3. The summed E-state index contributed by atoms with van der Waals surface area (Å²) < 4.78 is 5.37. The molecule has 2 bridgehead atoms. The monoisotopic (exact) mass is 388 g/mol. The van der Waals surface area contributed by atoms with Gasteiger partial charge in [0.1, 0.15) is 17.3 Å². The van der Waals surface area contributed by atoms with Gasteiger partial charge >= 0.3 is 0 Å². The molecular weight excluding hydrogens is 360 g/mol. The highest BCUT2D eigenvalue weighted by Crippen LogP contribution is 2.79. The molecule has 1 aromatic rings. The highest BCUT2D eigenvalue weighted by atomic mass is 16.5. The maximum atomic E-state index is 13.7. The van der Waals surface area contributed by atoms with Gasteiger partial charge in [-0.3, -0.25) is 9.59 Å². The van der Waals surface area contributed by atoms with Gasteiger partial charge in [0, 0.05) is 41.4 Å². The minimum absolute atomic E-state index is 0.126. The molecule has 3 fully saturated rings. The SMILES string of the molecule is C#CC[C@@H]1CC(=O)[C@@H]2[C@H](C1=O)[C@]13C=C[C@@]2(c2ccc(OC)cc2)[C@@]1(C)CCCC3. The number of ketones is 2. The number of Topliss-reactive ketones (excluding diaryl/α,β-unsaturated/α-hetero) is 2. The molecule has 3 nitrogen and oxygen atoms in total. The molecule has 6 atom stereocenters. The van der Waals surface area contributed by atoms with Gasteiger partial charge in [0.2, 0.25) is 0 Å². The van der Waals surface area contributed by atoms with E-state index in [1.807, 2.05) is 12.1 Å². The summed E-state index contributed by atoms with van der Waals surface area (Å²) in [4.78, 5) is 27.3. The number of hydrogen-bond acceptors (Lipinski definition) is 3. The van der Waals surface area contributed by atoms with Crippen LogP contribution in [0.15, 0.2) is 36.4 Å². The summed E-state index contributed by atoms with van der Waals surface area (Å²) in [6, 6.07) is 8.17. The Hall–Kier alpha value is -2.34. The van der Waals surface area contributed by atoms with Crippen LogP contribution in [-0.4, -0.2) is 18.7 Å². The van der Waals surface area contributed by atoms with E-state index >= 15 is 0 Å². The second-order valence-corrected chi connectivity index (χ2v) is 9.64. The molecule has 0 unspecified atom stereocenters. The lowest BCUT2D eigenvalue weighted by Gasteiger charge is -2.50. The number of terminal acetylenes is 1. The van der Waals surface area contributed by atoms with Crippen molar-refractivity contribution in [3.8, 4) is 18.1 Å². The third-order valence-electron chi connectivity index (χ3n) is 8.92. The predicted molar refractivity (Wildman–Crippen MR) is 111 cm³/mol. The van der Waals surface area contributed by atoms with E-state index in [9.17, 15) is 9.59 Å². The Bertz CT molecular complexity index is 951. The van der Waals surface area contributed by atoms with Gasteiger partial charge in [-0.15, -0.1) is 12.3 Å². The average molecular weight is 389 g/mol. The van der Waals surface area contributed by atoms with Crippen molar-refractivity contribution in [2.24, 2.45) is 28.6 Å². The number of methoxy groups -OCH3 is 1. The van der Waals surface area contributed by atoms with Gasteiger partial charge in [0.05, 0.1) is 7.11 Å². The zero-order valence-electron chi connectivity index (χ0n) is 17.2. The fourth-order valence-corrected chi connectivity index (χ4v) is 7.70. The Balaban J connectivity index is 1.73. The first kappa shape index (κ1) is 18.7. The van der Waals surface area contributed by atoms with Crippen LogP contribution in [0.25, 0.3) is 0 Å². The Morgan fingerprint density at radius 3 is 2.52 bits per heavy atom. The number of carbonyl (C=O) groups is 2. The number of carbonyl (C=O) groups excluding carboxylic acids is 2. The van der Waals surface area contributed by atoms with Crippen LogP contribution in [0.5, 0.6) is 5.75 Å². The lowest BCUT2D eigenvalue weighted by atomic mass is 9.52. The van der Waals surface area contributed by atoms with Gasteiger partial charge in [-0.2, -0.15) is 0 Å². The predicted octanol–water partition coefficient (Wildman–Crippen LogP) is 4.50. The number of hydrogen-bond donors (Lipinski definition) is 0. The molecule has 4 aliphatic rings. The maximum absolute atomic E-state index is 13.7. The van der Waals surface area contributed by atoms with E-state index in [1.165, 1.54) is 0 Å². The van der Waals surface area contributed by atoms with Crippen LogP contribution < -0.4 is 4.74 Å². The molecule has 150 valence electrons. The third-order valence-corrected chi connectivity index (χ3v) is 8.92. The summed E-state index contributed by atoms with van der Waals surface area (Å²) >= 11 is 0. The quantitative estimate of drug-likeness (QED) is 0.566. The minimum Gasteiger partial charge on any atom is -0.497 e. The largest absolute Gasteiger partial charge is 0.497 e. The number of fused-ring (bicyclic) bond motifs is 2. The Morgan fingerprint density at radius 2 is 1.83 bits per heavy atom. The van der Waals surface area contributed by atoms with Crippen molar-refractivity contribution in [2.75, 3.05) is 7.11 Å². The standard InChI is InChI=1S/C26H28O3/c1-4-7-17-16-20(27)21-22(23(17)28)25-13-6-5-12-24(25,2)26(21,15-14-25)18-8-10-19(29-3)11-9-18/h1,8-11,14-15,17,21-22H,5-7,12-13,16H2,2-3H3/t17-,21-,22-,24+,25+,26+/m1/s1. The fraction of sp³-hybridized carbons (Fsp3) is 0.538. The van der Waals surface area contributed by atoms with Crippen molar-refractivity contribution < 1.29 is 14.3 Å². The van der Waals surface area contributed by atoms with Crippen molar-refractivity contribution in [1.29, 1.82) is 0 Å². The van der Waals surface area contributed by atoms with Gasteiger partial charge in [0.25, 0.3) is 0 Å². The normalized spacial score (nSPS) is 42.3. The van der Waals surface area contributed by atoms with Crippen LogP contribution in [0.1, 0.15) is 51.0 Å². The van der Waals surface area contributed by atoms with Gasteiger partial charge in [-0.25, -0.2) is 0 Å². The van der Waals surface area contributed by atoms with Crippen LogP contribution in [0.2, 0.25) is 0 Å². The van der Waals surface area contributed by atoms with Crippen molar-refractivity contribution in [3.63, 3.8) is 0 Å². The Kier molecular flexibility index (Phi) is 3.92. The second kappa shape index (κ2) is 6.08. The summed E-state index contributed by atoms with van der Waals surface area (Å²) in [5.41, 5.74) is 0.372. The number of ether oxygens (including phenoxy) is 1. The van der Waals surface area contributed by atoms with Gasteiger partial charge < -0.3 is 4.74 Å². The topological polar surface area (TPSA) is 43.4 Å².